The number of halogens is 1. The van der Waals surface area contributed by atoms with E-state index in [2.05, 4.69) is 4.98 Å². The van der Waals surface area contributed by atoms with Crippen LogP contribution in [0.2, 0.25) is 0 Å². The van der Waals surface area contributed by atoms with Crippen molar-refractivity contribution in [2.45, 2.75) is 11.8 Å². The molecule has 0 spiro atoms. The first-order chi connectivity index (χ1) is 5.41. The van der Waals surface area contributed by atoms with Crippen LogP contribution in [0.5, 0.6) is 0 Å². The molecule has 0 aromatic carbocycles. The summed E-state index contributed by atoms with van der Waals surface area (Å²) in [7, 11) is -4.74. The van der Waals surface area contributed by atoms with Crippen LogP contribution in [0, 0.1) is 6.92 Å². The fraction of sp³-hybridized carbons (Fsp3) is 0.167. The Morgan fingerprint density at radius 3 is 2.58 bits per heavy atom. The van der Waals surface area contributed by atoms with Crippen LogP contribution in [0.4, 0.5) is 9.70 Å². The molecule has 0 aliphatic carbocycles. The molecular formula is C6H7FN2O2S. The SMILES string of the molecule is Cc1cnc(N)c(S(=O)(=O)F)c1. The quantitative estimate of drug-likeness (QED) is 0.659. The summed E-state index contributed by atoms with van der Waals surface area (Å²) in [5, 5.41) is 0. The van der Waals surface area contributed by atoms with Crippen molar-refractivity contribution in [1.29, 1.82) is 0 Å². The van der Waals surface area contributed by atoms with E-state index in [1.54, 1.807) is 6.92 Å². The van der Waals surface area contributed by atoms with Gasteiger partial charge in [-0.3, -0.25) is 0 Å². The zero-order valence-corrected chi connectivity index (χ0v) is 7.10. The second-order valence-corrected chi connectivity index (χ2v) is 3.65. The average Bonchev–Trinajstić information content (AvgIpc) is 1.92. The highest BCUT2D eigenvalue weighted by molar-refractivity contribution is 7.86. The maximum atomic E-state index is 12.4. The molecule has 0 amide bonds. The first kappa shape index (κ1) is 8.92. The van der Waals surface area contributed by atoms with E-state index in [4.69, 9.17) is 5.73 Å². The summed E-state index contributed by atoms with van der Waals surface area (Å²) >= 11 is 0. The number of hydrogen-bond acceptors (Lipinski definition) is 4. The smallest absolute Gasteiger partial charge is 0.335 e. The van der Waals surface area contributed by atoms with Crippen molar-refractivity contribution in [3.05, 3.63) is 17.8 Å². The van der Waals surface area contributed by atoms with Crippen molar-refractivity contribution >= 4 is 16.0 Å². The largest absolute Gasteiger partial charge is 0.383 e. The van der Waals surface area contributed by atoms with Crippen molar-refractivity contribution in [3.8, 4) is 0 Å². The highest BCUT2D eigenvalue weighted by Gasteiger charge is 2.16. The average molecular weight is 190 g/mol. The van der Waals surface area contributed by atoms with Crippen LogP contribution >= 0.6 is 0 Å². The Balaban J connectivity index is 3.43. The highest BCUT2D eigenvalue weighted by Crippen LogP contribution is 2.18. The molecule has 0 aliphatic heterocycles. The first-order valence-electron chi connectivity index (χ1n) is 3.08. The molecule has 12 heavy (non-hydrogen) atoms. The molecule has 0 fully saturated rings. The molecule has 0 radical (unpaired) electrons. The number of anilines is 1. The van der Waals surface area contributed by atoms with E-state index in [1.165, 1.54) is 6.20 Å². The fourth-order valence-corrected chi connectivity index (χ4v) is 1.38. The van der Waals surface area contributed by atoms with Gasteiger partial charge in [-0.15, -0.1) is 3.89 Å². The minimum atomic E-state index is -4.74. The maximum Gasteiger partial charge on any atom is 0.335 e. The van der Waals surface area contributed by atoms with Crippen LogP contribution in [0.25, 0.3) is 0 Å². The lowest BCUT2D eigenvalue weighted by Gasteiger charge is -1.99. The van der Waals surface area contributed by atoms with Crippen molar-refractivity contribution in [2.75, 3.05) is 5.73 Å². The molecule has 2 N–H and O–H groups in total. The van der Waals surface area contributed by atoms with Crippen LogP contribution < -0.4 is 5.73 Å². The van der Waals surface area contributed by atoms with Gasteiger partial charge in [-0.05, 0) is 18.6 Å². The Bertz CT molecular complexity index is 402. The van der Waals surface area contributed by atoms with E-state index in [1.807, 2.05) is 0 Å². The Labute approximate surface area is 69.4 Å². The van der Waals surface area contributed by atoms with E-state index in [-0.39, 0.29) is 5.82 Å². The zero-order chi connectivity index (χ0) is 9.35. The van der Waals surface area contributed by atoms with Gasteiger partial charge in [-0.25, -0.2) is 4.98 Å². The third kappa shape index (κ3) is 1.70. The molecule has 1 heterocycles. The van der Waals surface area contributed by atoms with E-state index in [0.29, 0.717) is 5.56 Å². The van der Waals surface area contributed by atoms with Gasteiger partial charge < -0.3 is 5.73 Å². The molecular weight excluding hydrogens is 183 g/mol. The van der Waals surface area contributed by atoms with Gasteiger partial charge in [0.25, 0.3) is 0 Å². The lowest BCUT2D eigenvalue weighted by molar-refractivity contribution is 0.552. The highest BCUT2D eigenvalue weighted by atomic mass is 32.3. The number of aromatic nitrogens is 1. The third-order valence-electron chi connectivity index (χ3n) is 1.28. The minimum absolute atomic E-state index is 0.317. The summed E-state index contributed by atoms with van der Waals surface area (Å²) < 4.78 is 33.3. The molecule has 1 aromatic heterocycles. The van der Waals surface area contributed by atoms with E-state index in [0.717, 1.165) is 6.07 Å². The number of pyridine rings is 1. The summed E-state index contributed by atoms with van der Waals surface area (Å²) in [6, 6.07) is 1.14. The Hall–Kier alpha value is -1.17. The minimum Gasteiger partial charge on any atom is -0.383 e. The second-order valence-electron chi connectivity index (χ2n) is 2.33. The van der Waals surface area contributed by atoms with Crippen LogP contribution in [0.3, 0.4) is 0 Å². The third-order valence-corrected chi connectivity index (χ3v) is 2.13. The van der Waals surface area contributed by atoms with Crippen molar-refractivity contribution < 1.29 is 12.3 Å². The number of nitrogens with two attached hydrogens (primary N) is 1. The van der Waals surface area contributed by atoms with Gasteiger partial charge in [-0.2, -0.15) is 8.42 Å². The summed E-state index contributed by atoms with van der Waals surface area (Å²) in [4.78, 5) is 2.94. The van der Waals surface area contributed by atoms with Gasteiger partial charge in [-0.1, -0.05) is 0 Å². The summed E-state index contributed by atoms with van der Waals surface area (Å²) in [6.07, 6.45) is 1.37. The molecule has 0 aliphatic rings. The molecule has 66 valence electrons. The van der Waals surface area contributed by atoms with Crippen molar-refractivity contribution in [3.63, 3.8) is 0 Å². The normalized spacial score (nSPS) is 11.5. The molecule has 0 saturated carbocycles. The van der Waals surface area contributed by atoms with E-state index < -0.39 is 15.1 Å². The predicted molar refractivity (Wildman–Crippen MR) is 41.7 cm³/mol. The van der Waals surface area contributed by atoms with Crippen LogP contribution in [-0.2, 0) is 10.2 Å². The Morgan fingerprint density at radius 2 is 2.17 bits per heavy atom. The molecule has 0 saturated heterocycles. The molecule has 0 atom stereocenters. The van der Waals surface area contributed by atoms with Gasteiger partial charge in [0.1, 0.15) is 10.7 Å². The second kappa shape index (κ2) is 2.71. The van der Waals surface area contributed by atoms with E-state index >= 15 is 0 Å². The topological polar surface area (TPSA) is 73.0 Å². The van der Waals surface area contributed by atoms with Crippen molar-refractivity contribution in [2.24, 2.45) is 0 Å². The summed E-state index contributed by atoms with van der Waals surface area (Å²) in [5.41, 5.74) is 5.69. The Morgan fingerprint density at radius 1 is 1.58 bits per heavy atom. The molecule has 1 aromatic rings. The number of aryl methyl sites for hydroxylation is 1. The Kier molecular flexibility index (Phi) is 2.01. The molecule has 1 rings (SSSR count). The lowest BCUT2D eigenvalue weighted by Crippen LogP contribution is -2.01. The van der Waals surface area contributed by atoms with Crippen LogP contribution in [-0.4, -0.2) is 13.4 Å². The zero-order valence-electron chi connectivity index (χ0n) is 6.28. The van der Waals surface area contributed by atoms with Gasteiger partial charge >= 0.3 is 10.2 Å². The molecule has 0 bridgehead atoms. The van der Waals surface area contributed by atoms with Gasteiger partial charge in [0.05, 0.1) is 0 Å². The van der Waals surface area contributed by atoms with Crippen LogP contribution in [0.15, 0.2) is 17.2 Å². The molecule has 6 heteroatoms. The number of nitrogens with zero attached hydrogens (tertiary/aromatic N) is 1. The summed E-state index contributed by atoms with van der Waals surface area (Å²) in [5.74, 6) is -0.317. The van der Waals surface area contributed by atoms with E-state index in [9.17, 15) is 12.3 Å². The lowest BCUT2D eigenvalue weighted by atomic mass is 10.3. The standard InChI is InChI=1S/C6H7FN2O2S/c1-4-2-5(12(7,10)11)6(8)9-3-4/h2-3H,1H3,(H2,8,9). The predicted octanol–water partition coefficient (Wildman–Crippen LogP) is 0.630. The number of nitrogen functional groups attached to an aromatic ring is 1. The first-order valence-corrected chi connectivity index (χ1v) is 4.46. The fourth-order valence-electron chi connectivity index (χ4n) is 0.748. The van der Waals surface area contributed by atoms with Gasteiger partial charge in [0.15, 0.2) is 0 Å². The molecule has 0 unspecified atom stereocenters. The maximum absolute atomic E-state index is 12.4. The van der Waals surface area contributed by atoms with Gasteiger partial charge in [0, 0.05) is 6.20 Å². The monoisotopic (exact) mass is 190 g/mol. The molecule has 4 nitrogen and oxygen atoms in total. The number of hydrogen-bond donors (Lipinski definition) is 1. The van der Waals surface area contributed by atoms with Gasteiger partial charge in [0.2, 0.25) is 0 Å². The number of rotatable bonds is 1. The van der Waals surface area contributed by atoms with Crippen LogP contribution in [0.1, 0.15) is 5.56 Å². The van der Waals surface area contributed by atoms with Crippen molar-refractivity contribution in [1.82, 2.24) is 4.98 Å². The summed E-state index contributed by atoms with van der Waals surface area (Å²) in [6.45, 7) is 1.60.